The van der Waals surface area contributed by atoms with Gasteiger partial charge in [-0.3, -0.25) is 0 Å². The molecule has 0 aliphatic heterocycles. The van der Waals surface area contributed by atoms with Gasteiger partial charge in [-0.15, -0.1) is 0 Å². The van der Waals surface area contributed by atoms with E-state index in [1.807, 2.05) is 24.3 Å². The minimum absolute atomic E-state index is 0.105. The Bertz CT molecular complexity index is 782. The molecule has 0 N–H and O–H groups in total. The summed E-state index contributed by atoms with van der Waals surface area (Å²) in [6, 6.07) is 10.8. The Labute approximate surface area is 136 Å². The van der Waals surface area contributed by atoms with Gasteiger partial charge >= 0.3 is 0 Å². The van der Waals surface area contributed by atoms with E-state index in [4.69, 9.17) is 11.6 Å². The highest BCUT2D eigenvalue weighted by Gasteiger charge is 2.30. The normalized spacial score (nSPS) is 17.2. The predicted molar refractivity (Wildman–Crippen MR) is 90.8 cm³/mol. The number of rotatable bonds is 3. The van der Waals surface area contributed by atoms with Crippen molar-refractivity contribution >= 4 is 32.4 Å². The van der Waals surface area contributed by atoms with E-state index in [0.717, 1.165) is 31.1 Å². The monoisotopic (exact) mass is 337 g/mol. The smallest absolute Gasteiger partial charge is 0.207 e. The average Bonchev–Trinajstić information content (AvgIpc) is 2.55. The molecule has 3 nitrogen and oxygen atoms in total. The van der Waals surface area contributed by atoms with Gasteiger partial charge in [0.1, 0.15) is 0 Å². The lowest BCUT2D eigenvalue weighted by Crippen LogP contribution is -2.38. The van der Waals surface area contributed by atoms with Crippen molar-refractivity contribution in [1.29, 1.82) is 0 Å². The van der Waals surface area contributed by atoms with E-state index in [1.165, 1.54) is 6.42 Å². The molecule has 2 aromatic rings. The van der Waals surface area contributed by atoms with Gasteiger partial charge in [0, 0.05) is 28.9 Å². The zero-order valence-corrected chi connectivity index (χ0v) is 14.2. The molecule has 1 aliphatic rings. The second kappa shape index (κ2) is 6.19. The first-order valence-corrected chi connectivity index (χ1v) is 9.49. The number of halogens is 1. The highest BCUT2D eigenvalue weighted by molar-refractivity contribution is 7.89. The standard InChI is InChI=1S/C17H20ClNO2S/c1-19(13-7-3-2-4-8-13)22(20,21)17-12-11-16(18)14-9-5-6-10-15(14)17/h5-6,9-13H,2-4,7-8H2,1H3. The van der Waals surface area contributed by atoms with Crippen LogP contribution in [0.15, 0.2) is 41.3 Å². The average molecular weight is 338 g/mol. The van der Waals surface area contributed by atoms with Crippen LogP contribution >= 0.6 is 11.6 Å². The third-order valence-corrected chi connectivity index (χ3v) is 6.87. The Morgan fingerprint density at radius 2 is 1.64 bits per heavy atom. The van der Waals surface area contributed by atoms with Crippen molar-refractivity contribution < 1.29 is 8.42 Å². The van der Waals surface area contributed by atoms with Crippen LogP contribution in [0.2, 0.25) is 5.02 Å². The summed E-state index contributed by atoms with van der Waals surface area (Å²) in [5.41, 5.74) is 0. The van der Waals surface area contributed by atoms with Crippen molar-refractivity contribution in [2.45, 2.75) is 43.0 Å². The van der Waals surface area contributed by atoms with Gasteiger partial charge in [0.2, 0.25) is 10.0 Å². The maximum absolute atomic E-state index is 13.0. The molecule has 0 radical (unpaired) electrons. The Kier molecular flexibility index (Phi) is 4.44. The molecule has 2 aromatic carbocycles. The van der Waals surface area contributed by atoms with E-state index in [1.54, 1.807) is 23.5 Å². The third-order valence-electron chi connectivity index (χ3n) is 4.58. The molecule has 5 heteroatoms. The number of sulfonamides is 1. The molecule has 0 bridgehead atoms. The third kappa shape index (κ3) is 2.75. The Morgan fingerprint density at radius 3 is 2.32 bits per heavy atom. The fourth-order valence-corrected chi connectivity index (χ4v) is 5.09. The summed E-state index contributed by atoms with van der Waals surface area (Å²) < 4.78 is 27.6. The van der Waals surface area contributed by atoms with Crippen molar-refractivity contribution in [3.63, 3.8) is 0 Å². The summed E-state index contributed by atoms with van der Waals surface area (Å²) in [7, 11) is -1.80. The number of fused-ring (bicyclic) bond motifs is 1. The molecule has 0 spiro atoms. The van der Waals surface area contributed by atoms with Gasteiger partial charge in [0.05, 0.1) is 4.90 Å². The molecular weight excluding hydrogens is 318 g/mol. The minimum atomic E-state index is -3.51. The lowest BCUT2D eigenvalue weighted by atomic mass is 9.96. The molecule has 0 amide bonds. The zero-order valence-electron chi connectivity index (χ0n) is 12.6. The number of benzene rings is 2. The van der Waals surface area contributed by atoms with Crippen molar-refractivity contribution in [3.05, 3.63) is 41.4 Å². The highest BCUT2D eigenvalue weighted by atomic mass is 35.5. The first kappa shape index (κ1) is 15.8. The summed E-state index contributed by atoms with van der Waals surface area (Å²) >= 11 is 6.20. The maximum Gasteiger partial charge on any atom is 0.243 e. The lowest BCUT2D eigenvalue weighted by molar-refractivity contribution is 0.286. The van der Waals surface area contributed by atoms with Gasteiger partial charge in [-0.2, -0.15) is 4.31 Å². The summed E-state index contributed by atoms with van der Waals surface area (Å²) in [6.07, 6.45) is 5.30. The fourth-order valence-electron chi connectivity index (χ4n) is 3.26. The number of hydrogen-bond acceptors (Lipinski definition) is 2. The highest BCUT2D eigenvalue weighted by Crippen LogP contribution is 2.33. The van der Waals surface area contributed by atoms with E-state index in [9.17, 15) is 8.42 Å². The molecule has 0 heterocycles. The van der Waals surface area contributed by atoms with E-state index >= 15 is 0 Å². The van der Waals surface area contributed by atoms with Crippen molar-refractivity contribution in [2.24, 2.45) is 0 Å². The summed E-state index contributed by atoms with van der Waals surface area (Å²) in [4.78, 5) is 0.348. The Morgan fingerprint density at radius 1 is 1.00 bits per heavy atom. The van der Waals surface area contributed by atoms with Gasteiger partial charge in [-0.1, -0.05) is 55.1 Å². The molecular formula is C17H20ClNO2S. The van der Waals surface area contributed by atoms with E-state index in [-0.39, 0.29) is 6.04 Å². The SMILES string of the molecule is CN(C1CCCCC1)S(=O)(=O)c1ccc(Cl)c2ccccc12. The molecule has 1 aliphatic carbocycles. The van der Waals surface area contributed by atoms with E-state index < -0.39 is 10.0 Å². The van der Waals surface area contributed by atoms with E-state index in [2.05, 4.69) is 0 Å². The second-order valence-electron chi connectivity index (χ2n) is 5.90. The molecule has 0 atom stereocenters. The first-order valence-electron chi connectivity index (χ1n) is 7.67. The summed E-state index contributed by atoms with van der Waals surface area (Å²) in [5.74, 6) is 0. The van der Waals surface area contributed by atoms with Crippen LogP contribution in [-0.4, -0.2) is 25.8 Å². The van der Waals surface area contributed by atoms with Gasteiger partial charge < -0.3 is 0 Å². The second-order valence-corrected chi connectivity index (χ2v) is 8.28. The van der Waals surface area contributed by atoms with Crippen molar-refractivity contribution in [3.8, 4) is 0 Å². The molecule has 22 heavy (non-hydrogen) atoms. The molecule has 1 saturated carbocycles. The van der Waals surface area contributed by atoms with Crippen LogP contribution in [0.3, 0.4) is 0 Å². The Balaban J connectivity index is 2.07. The van der Waals surface area contributed by atoms with E-state index in [0.29, 0.717) is 15.3 Å². The minimum Gasteiger partial charge on any atom is -0.207 e. The van der Waals surface area contributed by atoms with Crippen LogP contribution in [0.4, 0.5) is 0 Å². The Hall–Kier alpha value is -1.10. The van der Waals surface area contributed by atoms with Gasteiger partial charge in [0.15, 0.2) is 0 Å². The van der Waals surface area contributed by atoms with Crippen molar-refractivity contribution in [2.75, 3.05) is 7.05 Å². The van der Waals surface area contributed by atoms with Gasteiger partial charge in [-0.25, -0.2) is 8.42 Å². The molecule has 0 aromatic heterocycles. The lowest BCUT2D eigenvalue weighted by Gasteiger charge is -2.30. The predicted octanol–water partition coefficient (Wildman–Crippen LogP) is 4.45. The number of nitrogens with zero attached hydrogens (tertiary/aromatic N) is 1. The summed E-state index contributed by atoms with van der Waals surface area (Å²) in [5, 5.41) is 2.05. The number of hydrogen-bond donors (Lipinski definition) is 0. The van der Waals surface area contributed by atoms with Crippen LogP contribution in [0.25, 0.3) is 10.8 Å². The zero-order chi connectivity index (χ0) is 15.7. The maximum atomic E-state index is 13.0. The van der Waals surface area contributed by atoms with Crippen LogP contribution < -0.4 is 0 Å². The fraction of sp³-hybridized carbons (Fsp3) is 0.412. The summed E-state index contributed by atoms with van der Waals surface area (Å²) in [6.45, 7) is 0. The molecule has 118 valence electrons. The van der Waals surface area contributed by atoms with Crippen LogP contribution in [0.1, 0.15) is 32.1 Å². The van der Waals surface area contributed by atoms with Gasteiger partial charge in [0.25, 0.3) is 0 Å². The molecule has 1 fully saturated rings. The molecule has 0 unspecified atom stereocenters. The van der Waals surface area contributed by atoms with Gasteiger partial charge in [-0.05, 0) is 25.0 Å². The van der Waals surface area contributed by atoms with Crippen LogP contribution in [-0.2, 0) is 10.0 Å². The molecule has 3 rings (SSSR count). The van der Waals surface area contributed by atoms with Crippen LogP contribution in [0.5, 0.6) is 0 Å². The quantitative estimate of drug-likeness (QED) is 0.830. The molecule has 0 saturated heterocycles. The van der Waals surface area contributed by atoms with Crippen molar-refractivity contribution in [1.82, 2.24) is 4.31 Å². The van der Waals surface area contributed by atoms with Crippen LogP contribution in [0, 0.1) is 0 Å². The first-order chi connectivity index (χ1) is 10.5. The largest absolute Gasteiger partial charge is 0.243 e. The topological polar surface area (TPSA) is 37.4 Å².